The summed E-state index contributed by atoms with van der Waals surface area (Å²) in [6.07, 6.45) is -2.44. The molecule has 0 aliphatic heterocycles. The Balaban J connectivity index is -0.000000108. The summed E-state index contributed by atoms with van der Waals surface area (Å²) in [4.78, 5) is 39.7. The predicted molar refractivity (Wildman–Crippen MR) is 75.6 cm³/mol. The summed E-state index contributed by atoms with van der Waals surface area (Å²) in [5.74, 6) is -7.58. The van der Waals surface area contributed by atoms with E-state index < -0.39 is 67.5 Å². The van der Waals surface area contributed by atoms with E-state index in [1.165, 1.54) is 0 Å². The van der Waals surface area contributed by atoms with Crippen molar-refractivity contribution < 1.29 is 125 Å². The zero-order valence-corrected chi connectivity index (χ0v) is 20.4. The second kappa shape index (κ2) is 15.9. The molecule has 0 fully saturated rings. The number of rotatable bonds is 8. The molecule has 0 radical (unpaired) electrons. The molecule has 4 N–H and O–H groups in total. The van der Waals surface area contributed by atoms with Crippen molar-refractivity contribution in [3.05, 3.63) is 0 Å². The first-order valence-corrected chi connectivity index (χ1v) is 8.28. The Kier molecular flexibility index (Phi) is 22.3. The molecule has 0 aromatic heterocycles. The Morgan fingerprint density at radius 3 is 0.926 bits per heavy atom. The normalized spacial score (nSPS) is 12.2. The van der Waals surface area contributed by atoms with Crippen molar-refractivity contribution in [1.29, 1.82) is 0 Å². The van der Waals surface area contributed by atoms with E-state index in [0.29, 0.717) is 0 Å². The maximum Gasteiger partial charge on any atom is 1.00 e. The Bertz CT molecular complexity index is 653. The Morgan fingerprint density at radius 2 is 0.889 bits per heavy atom. The van der Waals surface area contributed by atoms with Gasteiger partial charge < -0.3 is 30.0 Å². The minimum atomic E-state index is -4.90. The first-order valence-electron chi connectivity index (χ1n) is 5.28. The third-order valence-corrected chi connectivity index (χ3v) is 4.12. The summed E-state index contributed by atoms with van der Waals surface area (Å²) in [6, 6.07) is 0. The van der Waals surface area contributed by atoms with Crippen molar-refractivity contribution in [3.8, 4) is 0 Å². The molecular weight excluding hydrogens is 462 g/mol. The van der Waals surface area contributed by atoms with Gasteiger partial charge in [-0.2, -0.15) is 30.3 Å². The van der Waals surface area contributed by atoms with E-state index >= 15 is 0 Å². The number of aliphatic carboxylic acids is 4. The van der Waals surface area contributed by atoms with Crippen molar-refractivity contribution in [2.45, 2.75) is 23.3 Å². The molecule has 0 bridgehead atoms. The fourth-order valence-corrected chi connectivity index (χ4v) is 2.13. The molecule has 0 aliphatic rings. The van der Waals surface area contributed by atoms with Gasteiger partial charge in [-0.1, -0.05) is 0 Å². The third kappa shape index (κ3) is 19.2. The van der Waals surface area contributed by atoms with Crippen molar-refractivity contribution in [3.63, 3.8) is 0 Å². The maximum absolute atomic E-state index is 10.2. The van der Waals surface area contributed by atoms with Crippen molar-refractivity contribution in [2.24, 2.45) is 0 Å². The first-order chi connectivity index (χ1) is 10.5. The molecule has 0 aliphatic carbocycles. The Labute approximate surface area is 203 Å². The second-order valence-electron chi connectivity index (χ2n) is 3.84. The van der Waals surface area contributed by atoms with Gasteiger partial charge in [0.15, 0.2) is 0 Å². The van der Waals surface area contributed by atoms with E-state index in [1.54, 1.807) is 0 Å². The van der Waals surface area contributed by atoms with Crippen LogP contribution in [-0.2, 0) is 39.4 Å². The fraction of sp³-hybridized carbons (Fsp3) is 0.500. The van der Waals surface area contributed by atoms with Gasteiger partial charge in [0.2, 0.25) is 0 Å². The van der Waals surface area contributed by atoms with Crippen molar-refractivity contribution in [1.82, 2.24) is 0 Å². The van der Waals surface area contributed by atoms with Gasteiger partial charge in [-0.05, 0) is 0 Å². The zero-order chi connectivity index (χ0) is 19.9. The number of carbonyl (C=O) groups is 4. The van der Waals surface area contributed by atoms with Crippen LogP contribution in [0.5, 0.6) is 0 Å². The van der Waals surface area contributed by atoms with Gasteiger partial charge in [0.25, 0.3) is 20.2 Å². The summed E-state index contributed by atoms with van der Waals surface area (Å²) in [5.41, 5.74) is 0. The van der Waals surface area contributed by atoms with Gasteiger partial charge in [0.05, 0.1) is 24.8 Å². The molecule has 0 rings (SSSR count). The standard InChI is InChI=1S/2C4H6O7S.2Na.H2S/c2*5-3(6)1-2(4(7)8)12(9,10)11;;;/h2*2H,1H2,(H,5,6)(H,7,8)(H,9,10,11);;;1H2/q;;2*+1;/p-2. The largest absolute Gasteiger partial charge is 1.00 e. The van der Waals surface area contributed by atoms with Crippen LogP contribution in [0.4, 0.5) is 0 Å². The van der Waals surface area contributed by atoms with Gasteiger partial charge >= 0.3 is 71.1 Å². The van der Waals surface area contributed by atoms with Crippen LogP contribution < -0.4 is 69.3 Å². The number of carboxylic acid groups (broad SMARTS) is 4. The molecular formula is C8H12Na2O14S3. The number of hydrogen-bond donors (Lipinski definition) is 4. The number of carboxylic acids is 4. The van der Waals surface area contributed by atoms with E-state index in [9.17, 15) is 46.2 Å². The van der Waals surface area contributed by atoms with Crippen LogP contribution in [0.15, 0.2) is 0 Å². The van der Waals surface area contributed by atoms with Crippen LogP contribution in [0.2, 0.25) is 0 Å². The van der Waals surface area contributed by atoms with Crippen molar-refractivity contribution >= 4 is 57.6 Å². The molecule has 27 heavy (non-hydrogen) atoms. The maximum atomic E-state index is 10.2. The predicted octanol–water partition coefficient (Wildman–Crippen LogP) is -10.9. The number of hydrogen-bond acceptors (Lipinski definition) is 10. The van der Waals surface area contributed by atoms with Gasteiger partial charge in [0.1, 0.15) is 10.5 Å². The molecule has 2 atom stereocenters. The smallest absolute Gasteiger partial charge is 0.549 e. The van der Waals surface area contributed by atoms with Crippen LogP contribution in [0, 0.1) is 0 Å². The Morgan fingerprint density at radius 1 is 0.704 bits per heavy atom. The third-order valence-electron chi connectivity index (χ3n) is 1.96. The van der Waals surface area contributed by atoms with E-state index in [0.717, 1.165) is 0 Å². The average Bonchev–Trinajstić information content (AvgIpc) is 2.30. The molecule has 0 amide bonds. The minimum Gasteiger partial charge on any atom is -0.549 e. The van der Waals surface area contributed by atoms with Crippen molar-refractivity contribution in [2.75, 3.05) is 0 Å². The Hall–Kier alpha value is 0.0500. The number of carbonyl (C=O) groups excluding carboxylic acids is 2. The summed E-state index contributed by atoms with van der Waals surface area (Å²) in [5, 5.41) is 31.2. The average molecular weight is 474 g/mol. The summed E-state index contributed by atoms with van der Waals surface area (Å²) < 4.78 is 57.1. The minimum absolute atomic E-state index is 0. The molecule has 14 nitrogen and oxygen atoms in total. The van der Waals surface area contributed by atoms with Gasteiger partial charge in [-0.3, -0.25) is 18.7 Å². The van der Waals surface area contributed by atoms with Crippen LogP contribution in [0.1, 0.15) is 12.8 Å². The molecule has 0 saturated heterocycles. The summed E-state index contributed by atoms with van der Waals surface area (Å²) in [7, 11) is -9.80. The molecule has 0 heterocycles. The molecule has 2 unspecified atom stereocenters. The quantitative estimate of drug-likeness (QED) is 0.188. The fourth-order valence-electron chi connectivity index (χ4n) is 0.938. The van der Waals surface area contributed by atoms with Gasteiger partial charge in [0, 0.05) is 0 Å². The SMILES string of the molecule is O=C(O)CC(C(=O)[O-])S(=O)(=O)O.O=C(O)CC(C(=O)[O-])S(=O)(=O)O.S.[Na+].[Na+]. The molecule has 0 spiro atoms. The molecule has 148 valence electrons. The zero-order valence-electron chi connectivity index (χ0n) is 13.8. The first kappa shape index (κ1) is 37.8. The molecule has 0 saturated carbocycles. The summed E-state index contributed by atoms with van der Waals surface area (Å²) in [6.45, 7) is 0. The van der Waals surface area contributed by atoms with Crippen LogP contribution in [0.25, 0.3) is 0 Å². The van der Waals surface area contributed by atoms with E-state index in [4.69, 9.17) is 19.3 Å². The van der Waals surface area contributed by atoms with Gasteiger partial charge in [-0.15, -0.1) is 0 Å². The molecule has 19 heteroatoms. The molecule has 0 aromatic carbocycles. The van der Waals surface area contributed by atoms with E-state index in [2.05, 4.69) is 0 Å². The van der Waals surface area contributed by atoms with Crippen LogP contribution >= 0.6 is 13.5 Å². The topological polar surface area (TPSA) is 264 Å². The van der Waals surface area contributed by atoms with Crippen LogP contribution in [-0.4, -0.2) is 70.5 Å². The second-order valence-corrected chi connectivity index (χ2v) is 7.04. The van der Waals surface area contributed by atoms with Crippen LogP contribution in [0.3, 0.4) is 0 Å². The summed E-state index contributed by atoms with van der Waals surface area (Å²) >= 11 is 0. The van der Waals surface area contributed by atoms with E-state index in [-0.39, 0.29) is 72.6 Å². The monoisotopic (exact) mass is 474 g/mol. The van der Waals surface area contributed by atoms with Gasteiger partial charge in [-0.25, -0.2) is 0 Å². The molecule has 0 aromatic rings. The van der Waals surface area contributed by atoms with E-state index in [1.807, 2.05) is 0 Å².